The summed E-state index contributed by atoms with van der Waals surface area (Å²) < 4.78 is 39.5. The molecule has 0 spiro atoms. The molecule has 8 heteroatoms. The maximum absolute atomic E-state index is 13.2. The third kappa shape index (κ3) is 4.04. The molecule has 1 saturated heterocycles. The lowest BCUT2D eigenvalue weighted by atomic mass is 9.93. The van der Waals surface area contributed by atoms with Gasteiger partial charge in [0.15, 0.2) is 0 Å². The molecule has 144 valence electrons. The summed E-state index contributed by atoms with van der Waals surface area (Å²) in [6, 6.07) is 8.33. The van der Waals surface area contributed by atoms with Gasteiger partial charge in [0.2, 0.25) is 5.82 Å². The van der Waals surface area contributed by atoms with Crippen LogP contribution >= 0.6 is 0 Å². The van der Waals surface area contributed by atoms with E-state index in [0.29, 0.717) is 30.8 Å². The molecule has 2 aromatic rings. The molecule has 2 heterocycles. The fourth-order valence-electron chi connectivity index (χ4n) is 3.31. The van der Waals surface area contributed by atoms with E-state index in [4.69, 9.17) is 0 Å². The summed E-state index contributed by atoms with van der Waals surface area (Å²) in [7, 11) is 0. The summed E-state index contributed by atoms with van der Waals surface area (Å²) in [4.78, 5) is 20.6. The highest BCUT2D eigenvalue weighted by Crippen LogP contribution is 2.34. The average molecular weight is 379 g/mol. The lowest BCUT2D eigenvalue weighted by Gasteiger charge is -2.21. The number of rotatable bonds is 4. The molecule has 0 amide bonds. The predicted octanol–water partition coefficient (Wildman–Crippen LogP) is 4.31. The number of carboxylic acids is 1. The molecule has 0 bridgehead atoms. The first-order valence-corrected chi connectivity index (χ1v) is 8.70. The minimum atomic E-state index is -4.62. The van der Waals surface area contributed by atoms with Crippen LogP contribution in [-0.4, -0.2) is 34.1 Å². The number of aromatic nitrogens is 2. The average Bonchev–Trinajstić information content (AvgIpc) is 3.10. The lowest BCUT2D eigenvalue weighted by Crippen LogP contribution is -2.24. The van der Waals surface area contributed by atoms with Crippen molar-refractivity contribution in [3.05, 3.63) is 53.0 Å². The quantitative estimate of drug-likeness (QED) is 0.857. The zero-order chi connectivity index (χ0) is 19.8. The lowest BCUT2D eigenvalue weighted by molar-refractivity contribution is -0.145. The Kier molecular flexibility index (Phi) is 5.08. The molecular formula is C19H20F3N3O2. The van der Waals surface area contributed by atoms with E-state index < -0.39 is 18.0 Å². The zero-order valence-electron chi connectivity index (χ0n) is 15.0. The fraction of sp³-hybridized carbons (Fsp3) is 0.421. The standard InChI is InChI=1S/C19H20F3N3O2/c1-11(2)15-9-16(24-18(23-15)19(20,21)22)25-8-7-12(10-25)13-5-3-4-6-14(13)17(26)27/h3-6,9,11-12H,7-8,10H2,1-2H3,(H,26,27). The van der Waals surface area contributed by atoms with E-state index in [1.165, 1.54) is 0 Å². The first-order valence-electron chi connectivity index (χ1n) is 8.70. The summed E-state index contributed by atoms with van der Waals surface area (Å²) >= 11 is 0. The van der Waals surface area contributed by atoms with Crippen molar-refractivity contribution in [3.8, 4) is 0 Å². The number of alkyl halides is 3. The van der Waals surface area contributed by atoms with Crippen LogP contribution in [0.2, 0.25) is 0 Å². The Morgan fingerprint density at radius 2 is 1.96 bits per heavy atom. The van der Waals surface area contributed by atoms with E-state index in [2.05, 4.69) is 9.97 Å². The van der Waals surface area contributed by atoms with E-state index in [9.17, 15) is 23.1 Å². The topological polar surface area (TPSA) is 66.3 Å². The number of benzene rings is 1. The van der Waals surface area contributed by atoms with Crippen molar-refractivity contribution < 1.29 is 23.1 Å². The third-order valence-electron chi connectivity index (χ3n) is 4.72. The molecule has 0 saturated carbocycles. The predicted molar refractivity (Wildman–Crippen MR) is 94.1 cm³/mol. The van der Waals surface area contributed by atoms with Crippen molar-refractivity contribution in [1.29, 1.82) is 0 Å². The van der Waals surface area contributed by atoms with Gasteiger partial charge in [-0.05, 0) is 24.0 Å². The van der Waals surface area contributed by atoms with Crippen LogP contribution in [0.15, 0.2) is 30.3 Å². The van der Waals surface area contributed by atoms with E-state index in [1.807, 2.05) is 0 Å². The van der Waals surface area contributed by atoms with E-state index in [0.717, 1.165) is 0 Å². The first kappa shape index (κ1) is 19.1. The summed E-state index contributed by atoms with van der Waals surface area (Å²) in [5, 5.41) is 9.37. The Balaban J connectivity index is 1.91. The van der Waals surface area contributed by atoms with Crippen molar-refractivity contribution in [2.75, 3.05) is 18.0 Å². The van der Waals surface area contributed by atoms with Crippen molar-refractivity contribution in [3.63, 3.8) is 0 Å². The van der Waals surface area contributed by atoms with Gasteiger partial charge in [-0.3, -0.25) is 0 Å². The highest BCUT2D eigenvalue weighted by Gasteiger charge is 2.37. The van der Waals surface area contributed by atoms with Crippen LogP contribution in [0.1, 0.15) is 59.5 Å². The van der Waals surface area contributed by atoms with Gasteiger partial charge in [-0.25, -0.2) is 14.8 Å². The van der Waals surface area contributed by atoms with E-state index in [-0.39, 0.29) is 23.2 Å². The maximum atomic E-state index is 13.2. The third-order valence-corrected chi connectivity index (χ3v) is 4.72. The molecule has 1 aliphatic rings. The second-order valence-corrected chi connectivity index (χ2v) is 6.95. The molecule has 1 atom stereocenters. The van der Waals surface area contributed by atoms with Gasteiger partial charge >= 0.3 is 12.1 Å². The minimum Gasteiger partial charge on any atom is -0.478 e. The number of aromatic carboxylic acids is 1. The number of hydrogen-bond acceptors (Lipinski definition) is 4. The largest absolute Gasteiger partial charge is 0.478 e. The van der Waals surface area contributed by atoms with Gasteiger partial charge in [0.1, 0.15) is 5.82 Å². The fourth-order valence-corrected chi connectivity index (χ4v) is 3.31. The van der Waals surface area contributed by atoms with Crippen molar-refractivity contribution in [2.45, 2.75) is 38.3 Å². The number of hydrogen-bond donors (Lipinski definition) is 1. The number of halogens is 3. The Labute approximate surface area is 154 Å². The summed E-state index contributed by atoms with van der Waals surface area (Å²) in [5.74, 6) is -2.16. The molecule has 1 aliphatic heterocycles. The van der Waals surface area contributed by atoms with Gasteiger partial charge in [-0.1, -0.05) is 32.0 Å². The van der Waals surface area contributed by atoms with Crippen molar-refractivity contribution in [2.24, 2.45) is 0 Å². The zero-order valence-corrected chi connectivity index (χ0v) is 15.0. The van der Waals surface area contributed by atoms with Gasteiger partial charge in [0.05, 0.1) is 5.56 Å². The molecule has 0 aliphatic carbocycles. The molecule has 3 rings (SSSR count). The normalized spacial score (nSPS) is 17.6. The molecule has 0 radical (unpaired) electrons. The highest BCUT2D eigenvalue weighted by molar-refractivity contribution is 5.89. The number of carboxylic acid groups (broad SMARTS) is 1. The molecule has 5 nitrogen and oxygen atoms in total. The number of nitrogens with zero attached hydrogens (tertiary/aromatic N) is 3. The van der Waals surface area contributed by atoms with Gasteiger partial charge in [-0.15, -0.1) is 0 Å². The Hall–Kier alpha value is -2.64. The van der Waals surface area contributed by atoms with Crippen LogP contribution in [0, 0.1) is 0 Å². The van der Waals surface area contributed by atoms with E-state index >= 15 is 0 Å². The first-order chi connectivity index (χ1) is 12.7. The number of carbonyl (C=O) groups is 1. The second kappa shape index (κ2) is 7.17. The second-order valence-electron chi connectivity index (χ2n) is 6.95. The molecule has 1 fully saturated rings. The number of anilines is 1. The Morgan fingerprint density at radius 3 is 2.59 bits per heavy atom. The monoisotopic (exact) mass is 379 g/mol. The van der Waals surface area contributed by atoms with E-state index in [1.54, 1.807) is 49.1 Å². The van der Waals surface area contributed by atoms with Gasteiger partial charge < -0.3 is 10.0 Å². The van der Waals surface area contributed by atoms with Crippen LogP contribution < -0.4 is 4.90 Å². The molecule has 1 aromatic carbocycles. The Bertz CT molecular complexity index is 852. The maximum Gasteiger partial charge on any atom is 0.451 e. The minimum absolute atomic E-state index is 0.0795. The van der Waals surface area contributed by atoms with Crippen molar-refractivity contribution in [1.82, 2.24) is 9.97 Å². The van der Waals surface area contributed by atoms with Gasteiger partial charge in [0.25, 0.3) is 0 Å². The van der Waals surface area contributed by atoms with Crippen LogP contribution in [0.25, 0.3) is 0 Å². The van der Waals surface area contributed by atoms with Crippen LogP contribution in [0.5, 0.6) is 0 Å². The molecule has 1 aromatic heterocycles. The molecule has 1 N–H and O–H groups in total. The van der Waals surface area contributed by atoms with Crippen molar-refractivity contribution >= 4 is 11.8 Å². The van der Waals surface area contributed by atoms with Crippen LogP contribution in [0.3, 0.4) is 0 Å². The summed E-state index contributed by atoms with van der Waals surface area (Å²) in [5.41, 5.74) is 1.26. The van der Waals surface area contributed by atoms with Crippen LogP contribution in [-0.2, 0) is 6.18 Å². The van der Waals surface area contributed by atoms with Gasteiger partial charge in [0, 0.05) is 30.8 Å². The van der Waals surface area contributed by atoms with Crippen LogP contribution in [0.4, 0.5) is 19.0 Å². The van der Waals surface area contributed by atoms with Gasteiger partial charge in [-0.2, -0.15) is 13.2 Å². The SMILES string of the molecule is CC(C)c1cc(N2CCC(c3ccccc3C(=O)O)C2)nc(C(F)(F)F)n1. The molecule has 1 unspecified atom stereocenters. The molecular weight excluding hydrogens is 359 g/mol. The highest BCUT2D eigenvalue weighted by atomic mass is 19.4. The summed E-state index contributed by atoms with van der Waals surface area (Å²) in [6.07, 6.45) is -3.97. The smallest absolute Gasteiger partial charge is 0.451 e. The summed E-state index contributed by atoms with van der Waals surface area (Å²) in [6.45, 7) is 4.48. The Morgan fingerprint density at radius 1 is 1.26 bits per heavy atom. The molecule has 27 heavy (non-hydrogen) atoms.